The van der Waals surface area contributed by atoms with Gasteiger partial charge in [-0.05, 0) is 44.1 Å². The van der Waals surface area contributed by atoms with Gasteiger partial charge in [0.1, 0.15) is 5.82 Å². The summed E-state index contributed by atoms with van der Waals surface area (Å²) in [6.07, 6.45) is 8.44. The lowest BCUT2D eigenvalue weighted by Gasteiger charge is -2.33. The molecule has 1 atom stereocenters. The monoisotopic (exact) mass is 260 g/mol. The van der Waals surface area contributed by atoms with Gasteiger partial charge in [0.05, 0.1) is 0 Å². The number of hydrogen-bond acceptors (Lipinski definition) is 4. The largest absolute Gasteiger partial charge is 0.356 e. The van der Waals surface area contributed by atoms with E-state index in [-0.39, 0.29) is 0 Å². The summed E-state index contributed by atoms with van der Waals surface area (Å²) < 4.78 is 0. The molecule has 0 amide bonds. The highest BCUT2D eigenvalue weighted by molar-refractivity contribution is 5.44. The van der Waals surface area contributed by atoms with E-state index < -0.39 is 0 Å². The zero-order valence-electron chi connectivity index (χ0n) is 11.9. The van der Waals surface area contributed by atoms with Crippen molar-refractivity contribution in [2.45, 2.75) is 39.0 Å². The molecule has 104 valence electrons. The van der Waals surface area contributed by atoms with Crippen LogP contribution in [-0.2, 0) is 0 Å². The molecule has 4 nitrogen and oxygen atoms in total. The van der Waals surface area contributed by atoms with Gasteiger partial charge in [0, 0.05) is 32.4 Å². The Morgan fingerprint density at radius 2 is 1.84 bits per heavy atom. The molecular weight excluding hydrogens is 236 g/mol. The Morgan fingerprint density at radius 3 is 2.63 bits per heavy atom. The lowest BCUT2D eigenvalue weighted by Crippen LogP contribution is -2.36. The summed E-state index contributed by atoms with van der Waals surface area (Å²) in [6, 6.07) is 2.06. The minimum Gasteiger partial charge on any atom is -0.356 e. The quantitative estimate of drug-likeness (QED) is 0.818. The van der Waals surface area contributed by atoms with Crippen LogP contribution in [0.4, 0.5) is 11.8 Å². The smallest absolute Gasteiger partial charge is 0.227 e. The van der Waals surface area contributed by atoms with Gasteiger partial charge in [0.2, 0.25) is 5.95 Å². The summed E-state index contributed by atoms with van der Waals surface area (Å²) in [5, 5.41) is 0. The summed E-state index contributed by atoms with van der Waals surface area (Å²) in [4.78, 5) is 14.0. The van der Waals surface area contributed by atoms with E-state index in [1.165, 1.54) is 32.1 Å². The maximum atomic E-state index is 4.80. The second-order valence-electron chi connectivity index (χ2n) is 5.96. The molecule has 2 saturated heterocycles. The molecule has 0 saturated carbocycles. The normalized spacial score (nSPS) is 24.6. The van der Waals surface area contributed by atoms with Crippen LogP contribution in [-0.4, -0.2) is 36.1 Å². The highest BCUT2D eigenvalue weighted by atomic mass is 15.3. The third-order valence-corrected chi connectivity index (χ3v) is 4.25. The fourth-order valence-electron chi connectivity index (χ4n) is 3.16. The van der Waals surface area contributed by atoms with Crippen molar-refractivity contribution in [3.63, 3.8) is 0 Å². The van der Waals surface area contributed by atoms with E-state index in [2.05, 4.69) is 27.8 Å². The Morgan fingerprint density at radius 1 is 1.05 bits per heavy atom. The third kappa shape index (κ3) is 2.99. The molecule has 0 aliphatic carbocycles. The van der Waals surface area contributed by atoms with Gasteiger partial charge in [-0.25, -0.2) is 4.98 Å². The van der Waals surface area contributed by atoms with Crippen LogP contribution >= 0.6 is 0 Å². The van der Waals surface area contributed by atoms with Gasteiger partial charge in [-0.2, -0.15) is 4.98 Å². The Bertz CT molecular complexity index is 414. The fraction of sp³-hybridized carbons (Fsp3) is 0.733. The Labute approximate surface area is 115 Å². The van der Waals surface area contributed by atoms with Crippen LogP contribution in [0.1, 0.15) is 39.0 Å². The molecule has 0 bridgehead atoms. The Kier molecular flexibility index (Phi) is 3.85. The van der Waals surface area contributed by atoms with E-state index >= 15 is 0 Å². The SMILES string of the molecule is CC1CCCN(c2ccnc(N3CCCCC3)n2)C1. The standard InChI is InChI=1S/C15H24N4/c1-13-6-5-11-19(12-13)14-7-8-16-15(17-14)18-9-3-2-4-10-18/h7-8,13H,2-6,9-12H2,1H3. The van der Waals surface area contributed by atoms with E-state index in [1.54, 1.807) is 0 Å². The minimum atomic E-state index is 0.780. The summed E-state index contributed by atoms with van der Waals surface area (Å²) in [6.45, 7) is 6.83. The first-order valence-electron chi connectivity index (χ1n) is 7.66. The van der Waals surface area contributed by atoms with Crippen molar-refractivity contribution in [2.24, 2.45) is 5.92 Å². The summed E-state index contributed by atoms with van der Waals surface area (Å²) in [5.74, 6) is 2.82. The number of rotatable bonds is 2. The fourth-order valence-corrected chi connectivity index (χ4v) is 3.16. The molecule has 4 heteroatoms. The van der Waals surface area contributed by atoms with Gasteiger partial charge in [0.25, 0.3) is 0 Å². The van der Waals surface area contributed by atoms with E-state index in [0.29, 0.717) is 0 Å². The molecule has 0 spiro atoms. The van der Waals surface area contributed by atoms with Crippen LogP contribution < -0.4 is 9.80 Å². The van der Waals surface area contributed by atoms with E-state index in [0.717, 1.165) is 43.9 Å². The lowest BCUT2D eigenvalue weighted by molar-refractivity contribution is 0.444. The van der Waals surface area contributed by atoms with E-state index in [4.69, 9.17) is 4.98 Å². The van der Waals surface area contributed by atoms with Gasteiger partial charge in [0.15, 0.2) is 0 Å². The predicted octanol–water partition coefficient (Wildman–Crippen LogP) is 2.70. The minimum absolute atomic E-state index is 0.780. The number of nitrogens with zero attached hydrogens (tertiary/aromatic N) is 4. The van der Waals surface area contributed by atoms with Crippen molar-refractivity contribution in [2.75, 3.05) is 36.0 Å². The van der Waals surface area contributed by atoms with Crippen LogP contribution in [0.3, 0.4) is 0 Å². The summed E-state index contributed by atoms with van der Waals surface area (Å²) in [7, 11) is 0. The molecule has 1 aromatic rings. The molecule has 1 unspecified atom stereocenters. The Balaban J connectivity index is 1.75. The van der Waals surface area contributed by atoms with Gasteiger partial charge < -0.3 is 9.80 Å². The molecule has 0 radical (unpaired) electrons. The van der Waals surface area contributed by atoms with Crippen LogP contribution in [0.25, 0.3) is 0 Å². The van der Waals surface area contributed by atoms with Crippen LogP contribution in [0.2, 0.25) is 0 Å². The highest BCUT2D eigenvalue weighted by Gasteiger charge is 2.19. The first-order chi connectivity index (χ1) is 9.33. The molecule has 3 heterocycles. The van der Waals surface area contributed by atoms with Crippen LogP contribution in [0, 0.1) is 5.92 Å². The van der Waals surface area contributed by atoms with Gasteiger partial charge in [-0.3, -0.25) is 0 Å². The van der Waals surface area contributed by atoms with Crippen LogP contribution in [0.15, 0.2) is 12.3 Å². The predicted molar refractivity (Wildman–Crippen MR) is 78.7 cm³/mol. The second-order valence-corrected chi connectivity index (χ2v) is 5.96. The lowest BCUT2D eigenvalue weighted by atomic mass is 10.0. The van der Waals surface area contributed by atoms with Crippen LogP contribution in [0.5, 0.6) is 0 Å². The molecule has 3 rings (SSSR count). The first-order valence-corrected chi connectivity index (χ1v) is 7.66. The van der Waals surface area contributed by atoms with Crippen molar-refractivity contribution in [3.8, 4) is 0 Å². The molecular formula is C15H24N4. The Hall–Kier alpha value is -1.32. The van der Waals surface area contributed by atoms with Crippen molar-refractivity contribution in [1.29, 1.82) is 0 Å². The number of aromatic nitrogens is 2. The third-order valence-electron chi connectivity index (χ3n) is 4.25. The van der Waals surface area contributed by atoms with Gasteiger partial charge >= 0.3 is 0 Å². The van der Waals surface area contributed by atoms with Gasteiger partial charge in [-0.15, -0.1) is 0 Å². The zero-order valence-corrected chi connectivity index (χ0v) is 11.9. The average Bonchev–Trinajstić information content (AvgIpc) is 2.48. The number of anilines is 2. The first kappa shape index (κ1) is 12.7. The maximum Gasteiger partial charge on any atom is 0.227 e. The molecule has 0 aromatic carbocycles. The van der Waals surface area contributed by atoms with E-state index in [9.17, 15) is 0 Å². The molecule has 2 aliphatic heterocycles. The van der Waals surface area contributed by atoms with Crippen molar-refractivity contribution in [1.82, 2.24) is 9.97 Å². The van der Waals surface area contributed by atoms with Crippen molar-refractivity contribution >= 4 is 11.8 Å². The summed E-state index contributed by atoms with van der Waals surface area (Å²) in [5.41, 5.74) is 0. The van der Waals surface area contributed by atoms with Crippen molar-refractivity contribution < 1.29 is 0 Å². The number of hydrogen-bond donors (Lipinski definition) is 0. The average molecular weight is 260 g/mol. The number of piperidine rings is 2. The topological polar surface area (TPSA) is 32.3 Å². The summed E-state index contributed by atoms with van der Waals surface area (Å²) >= 11 is 0. The molecule has 2 aliphatic rings. The van der Waals surface area contributed by atoms with Gasteiger partial charge in [-0.1, -0.05) is 6.92 Å². The maximum absolute atomic E-state index is 4.80. The molecule has 0 N–H and O–H groups in total. The van der Waals surface area contributed by atoms with Crippen molar-refractivity contribution in [3.05, 3.63) is 12.3 Å². The molecule has 1 aromatic heterocycles. The second kappa shape index (κ2) is 5.76. The zero-order chi connectivity index (χ0) is 13.1. The van der Waals surface area contributed by atoms with E-state index in [1.807, 2.05) is 6.20 Å². The highest BCUT2D eigenvalue weighted by Crippen LogP contribution is 2.23. The molecule has 2 fully saturated rings. The molecule has 19 heavy (non-hydrogen) atoms.